The molecule has 156 valence electrons. The third-order valence-electron chi connectivity index (χ3n) is 6.27. The molecule has 0 bridgehead atoms. The number of carbonyl (C=O) groups excluding carboxylic acids is 1. The number of carbonyl (C=O) groups is 1. The van der Waals surface area contributed by atoms with Crippen molar-refractivity contribution < 1.29 is 13.6 Å². The lowest BCUT2D eigenvalue weighted by Crippen LogP contribution is -2.38. The normalized spacial score (nSPS) is 21.9. The Kier molecular flexibility index (Phi) is 5.91. The van der Waals surface area contributed by atoms with Gasteiger partial charge in [0.2, 0.25) is 5.91 Å². The first kappa shape index (κ1) is 20.3. The highest BCUT2D eigenvalue weighted by molar-refractivity contribution is 6.30. The largest absolute Gasteiger partial charge is 0.336 e. The molecule has 2 aliphatic rings. The van der Waals surface area contributed by atoms with E-state index in [-0.39, 0.29) is 17.6 Å². The number of nitrogens with zero attached hydrogens (tertiary/aromatic N) is 3. The van der Waals surface area contributed by atoms with Gasteiger partial charge in [-0.25, -0.2) is 8.78 Å². The van der Waals surface area contributed by atoms with Gasteiger partial charge in [-0.2, -0.15) is 5.10 Å². The maximum atomic E-state index is 14.3. The zero-order chi connectivity index (χ0) is 20.5. The van der Waals surface area contributed by atoms with Gasteiger partial charge in [0.15, 0.2) is 0 Å². The van der Waals surface area contributed by atoms with E-state index in [1.54, 1.807) is 12.1 Å². The molecular weight excluding hydrogens is 396 g/mol. The van der Waals surface area contributed by atoms with Crippen molar-refractivity contribution in [2.75, 3.05) is 6.54 Å². The average Bonchev–Trinajstić information content (AvgIpc) is 3.01. The Hall–Kier alpha value is -1.95. The van der Waals surface area contributed by atoms with Crippen LogP contribution in [0.2, 0.25) is 5.02 Å². The SMILES string of the molecule is Cc1nn(Cc2ccc(Cl)cc2F)c2c1CCN(C(=O)CC1CCC(F)CC1)C2. The van der Waals surface area contributed by atoms with Gasteiger partial charge in [0.05, 0.1) is 24.5 Å². The Morgan fingerprint density at radius 1 is 1.28 bits per heavy atom. The number of aromatic nitrogens is 2. The van der Waals surface area contributed by atoms with Gasteiger partial charge in [0, 0.05) is 23.6 Å². The Morgan fingerprint density at radius 2 is 2.03 bits per heavy atom. The summed E-state index contributed by atoms with van der Waals surface area (Å²) in [7, 11) is 0. The molecule has 7 heteroatoms. The van der Waals surface area contributed by atoms with Gasteiger partial charge in [-0.05, 0) is 62.6 Å². The van der Waals surface area contributed by atoms with Gasteiger partial charge < -0.3 is 4.90 Å². The third kappa shape index (κ3) is 4.47. The monoisotopic (exact) mass is 421 g/mol. The molecule has 1 amide bonds. The second-order valence-corrected chi connectivity index (χ2v) is 8.73. The first-order valence-corrected chi connectivity index (χ1v) is 10.7. The van der Waals surface area contributed by atoms with Crippen molar-refractivity contribution in [3.8, 4) is 0 Å². The van der Waals surface area contributed by atoms with Crippen molar-refractivity contribution in [2.45, 2.75) is 64.7 Å². The summed E-state index contributed by atoms with van der Waals surface area (Å²) in [5, 5.41) is 4.97. The molecule has 0 unspecified atom stereocenters. The molecule has 0 radical (unpaired) electrons. The first-order chi connectivity index (χ1) is 13.9. The van der Waals surface area contributed by atoms with Gasteiger partial charge in [-0.1, -0.05) is 17.7 Å². The topological polar surface area (TPSA) is 38.1 Å². The highest BCUT2D eigenvalue weighted by Gasteiger charge is 2.29. The van der Waals surface area contributed by atoms with E-state index in [1.807, 2.05) is 16.5 Å². The van der Waals surface area contributed by atoms with E-state index in [4.69, 9.17) is 11.6 Å². The van der Waals surface area contributed by atoms with Gasteiger partial charge in [-0.15, -0.1) is 0 Å². The lowest BCUT2D eigenvalue weighted by Gasteiger charge is -2.31. The summed E-state index contributed by atoms with van der Waals surface area (Å²) >= 11 is 5.85. The fourth-order valence-electron chi connectivity index (χ4n) is 4.53. The summed E-state index contributed by atoms with van der Waals surface area (Å²) in [5.41, 5.74) is 3.58. The van der Waals surface area contributed by atoms with Gasteiger partial charge >= 0.3 is 0 Å². The van der Waals surface area contributed by atoms with E-state index in [0.717, 1.165) is 36.2 Å². The molecule has 29 heavy (non-hydrogen) atoms. The van der Waals surface area contributed by atoms with E-state index in [0.29, 0.717) is 49.5 Å². The number of hydrogen-bond donors (Lipinski definition) is 0. The molecule has 0 N–H and O–H groups in total. The molecule has 1 aromatic heterocycles. The Morgan fingerprint density at radius 3 is 2.76 bits per heavy atom. The van der Waals surface area contributed by atoms with Gasteiger partial charge in [-0.3, -0.25) is 9.48 Å². The molecule has 2 heterocycles. The molecule has 1 saturated carbocycles. The standard InChI is InChI=1S/C22H26ClF2N3O/c1-14-19-8-9-27(22(29)10-15-2-6-18(24)7-3-15)13-21(19)28(26-14)12-16-4-5-17(23)11-20(16)25/h4-5,11,15,18H,2-3,6-10,12-13H2,1H3. The minimum Gasteiger partial charge on any atom is -0.336 e. The highest BCUT2D eigenvalue weighted by Crippen LogP contribution is 2.30. The van der Waals surface area contributed by atoms with Crippen molar-refractivity contribution in [3.05, 3.63) is 51.6 Å². The van der Waals surface area contributed by atoms with Crippen molar-refractivity contribution in [1.82, 2.24) is 14.7 Å². The van der Waals surface area contributed by atoms with Crippen LogP contribution in [0.3, 0.4) is 0 Å². The second kappa shape index (κ2) is 8.42. The number of aryl methyl sites for hydroxylation is 1. The van der Waals surface area contributed by atoms with E-state index < -0.39 is 6.17 Å². The van der Waals surface area contributed by atoms with Crippen LogP contribution in [-0.4, -0.2) is 33.3 Å². The first-order valence-electron chi connectivity index (χ1n) is 10.3. The summed E-state index contributed by atoms with van der Waals surface area (Å²) in [6.45, 7) is 3.43. The summed E-state index contributed by atoms with van der Waals surface area (Å²) in [6, 6.07) is 4.65. The van der Waals surface area contributed by atoms with Crippen LogP contribution in [-0.2, 0) is 24.3 Å². The molecule has 1 fully saturated rings. The summed E-state index contributed by atoms with van der Waals surface area (Å²) in [5.74, 6) is 0.0540. The maximum absolute atomic E-state index is 14.3. The van der Waals surface area contributed by atoms with Crippen molar-refractivity contribution in [1.29, 1.82) is 0 Å². The second-order valence-electron chi connectivity index (χ2n) is 8.29. The zero-order valence-corrected chi connectivity index (χ0v) is 17.4. The summed E-state index contributed by atoms with van der Waals surface area (Å²) in [6.07, 6.45) is 3.26. The fourth-order valence-corrected chi connectivity index (χ4v) is 4.69. The van der Waals surface area contributed by atoms with Crippen LogP contribution in [0.1, 0.15) is 54.6 Å². The maximum Gasteiger partial charge on any atom is 0.223 e. The number of benzene rings is 1. The van der Waals surface area contributed by atoms with Crippen LogP contribution in [0.5, 0.6) is 0 Å². The molecule has 4 nitrogen and oxygen atoms in total. The lowest BCUT2D eigenvalue weighted by atomic mass is 9.85. The van der Waals surface area contributed by atoms with Crippen LogP contribution >= 0.6 is 11.6 Å². The minimum absolute atomic E-state index is 0.126. The van der Waals surface area contributed by atoms with Crippen LogP contribution in [0.25, 0.3) is 0 Å². The van der Waals surface area contributed by atoms with E-state index >= 15 is 0 Å². The number of amides is 1. The van der Waals surface area contributed by atoms with Crippen LogP contribution in [0.4, 0.5) is 8.78 Å². The Bertz CT molecular complexity index is 906. The Labute approximate surface area is 174 Å². The van der Waals surface area contributed by atoms with E-state index in [1.165, 1.54) is 6.07 Å². The van der Waals surface area contributed by atoms with Crippen LogP contribution in [0, 0.1) is 18.7 Å². The average molecular weight is 422 g/mol. The van der Waals surface area contributed by atoms with Crippen LogP contribution in [0.15, 0.2) is 18.2 Å². The smallest absolute Gasteiger partial charge is 0.223 e. The van der Waals surface area contributed by atoms with Gasteiger partial charge in [0.25, 0.3) is 0 Å². The quantitative estimate of drug-likeness (QED) is 0.708. The Balaban J connectivity index is 1.47. The zero-order valence-electron chi connectivity index (χ0n) is 16.6. The number of rotatable bonds is 4. The molecule has 0 saturated heterocycles. The van der Waals surface area contributed by atoms with E-state index in [9.17, 15) is 13.6 Å². The van der Waals surface area contributed by atoms with Crippen molar-refractivity contribution in [3.63, 3.8) is 0 Å². The lowest BCUT2D eigenvalue weighted by molar-refractivity contribution is -0.133. The molecule has 0 atom stereocenters. The number of alkyl halides is 1. The molecule has 1 aliphatic carbocycles. The number of hydrogen-bond acceptors (Lipinski definition) is 2. The predicted molar refractivity (Wildman–Crippen MR) is 108 cm³/mol. The van der Waals surface area contributed by atoms with Gasteiger partial charge in [0.1, 0.15) is 12.0 Å². The number of halogens is 3. The van der Waals surface area contributed by atoms with Crippen molar-refractivity contribution >= 4 is 17.5 Å². The molecular formula is C22H26ClF2N3O. The molecule has 1 aromatic carbocycles. The molecule has 4 rings (SSSR count). The van der Waals surface area contributed by atoms with Crippen molar-refractivity contribution in [2.24, 2.45) is 5.92 Å². The summed E-state index contributed by atoms with van der Waals surface area (Å²) in [4.78, 5) is 14.7. The third-order valence-corrected chi connectivity index (χ3v) is 6.50. The molecule has 1 aliphatic heterocycles. The minimum atomic E-state index is -0.704. The summed E-state index contributed by atoms with van der Waals surface area (Å²) < 4.78 is 29.4. The predicted octanol–water partition coefficient (Wildman–Crippen LogP) is 4.84. The number of fused-ring (bicyclic) bond motifs is 1. The van der Waals surface area contributed by atoms with Crippen LogP contribution < -0.4 is 0 Å². The molecule has 0 spiro atoms. The highest BCUT2D eigenvalue weighted by atomic mass is 35.5. The van der Waals surface area contributed by atoms with E-state index in [2.05, 4.69) is 5.10 Å². The fraction of sp³-hybridized carbons (Fsp3) is 0.545. The molecule has 2 aromatic rings.